The minimum absolute atomic E-state index is 0.0366. The summed E-state index contributed by atoms with van der Waals surface area (Å²) in [4.78, 5) is 12.2. The van der Waals surface area contributed by atoms with Gasteiger partial charge in [0.25, 0.3) is 0 Å². The summed E-state index contributed by atoms with van der Waals surface area (Å²) in [5, 5.41) is 11.1. The van der Waals surface area contributed by atoms with Gasteiger partial charge < -0.3 is 9.84 Å². The molecule has 1 N–H and O–H groups in total. The molecule has 2 heterocycles. The zero-order valence-electron chi connectivity index (χ0n) is 8.92. The van der Waals surface area contributed by atoms with Crippen molar-refractivity contribution in [3.63, 3.8) is 0 Å². The molecule has 3 rings (SSSR count). The number of carbonyl (C=O) groups is 1. The molecule has 17 heavy (non-hydrogen) atoms. The van der Waals surface area contributed by atoms with Gasteiger partial charge in [0.15, 0.2) is 0 Å². The molecular formula is C13H10O3S. The number of thiophene rings is 1. The van der Waals surface area contributed by atoms with Gasteiger partial charge in [-0.3, -0.25) is 0 Å². The van der Waals surface area contributed by atoms with E-state index in [9.17, 15) is 4.79 Å². The van der Waals surface area contributed by atoms with Crippen LogP contribution in [0.25, 0.3) is 0 Å². The van der Waals surface area contributed by atoms with Gasteiger partial charge in [0.2, 0.25) is 0 Å². The Labute approximate surface area is 102 Å². The van der Waals surface area contributed by atoms with Gasteiger partial charge in [0, 0.05) is 16.9 Å². The molecule has 0 amide bonds. The van der Waals surface area contributed by atoms with Gasteiger partial charge in [0.05, 0.1) is 5.56 Å². The van der Waals surface area contributed by atoms with Crippen LogP contribution in [0, 0.1) is 0 Å². The summed E-state index contributed by atoms with van der Waals surface area (Å²) in [7, 11) is 0. The summed E-state index contributed by atoms with van der Waals surface area (Å²) in [6, 6.07) is 9.17. The maximum atomic E-state index is 11.1. The number of ether oxygens (including phenoxy) is 1. The smallest absolute Gasteiger partial charge is 0.336 e. The van der Waals surface area contributed by atoms with Crippen molar-refractivity contribution in [2.75, 3.05) is 0 Å². The fourth-order valence-corrected chi connectivity index (χ4v) is 2.86. The third kappa shape index (κ3) is 1.70. The summed E-state index contributed by atoms with van der Waals surface area (Å²) in [5.41, 5.74) is 1.15. The number of aromatic carboxylic acids is 1. The van der Waals surface area contributed by atoms with Crippen molar-refractivity contribution in [2.45, 2.75) is 12.5 Å². The number of carboxylic acids is 1. The van der Waals surface area contributed by atoms with Crippen molar-refractivity contribution in [1.29, 1.82) is 0 Å². The van der Waals surface area contributed by atoms with E-state index in [0.717, 1.165) is 10.4 Å². The number of carboxylic acid groups (broad SMARTS) is 1. The number of hydrogen-bond acceptors (Lipinski definition) is 3. The minimum atomic E-state index is -0.891. The van der Waals surface area contributed by atoms with Crippen molar-refractivity contribution in [3.8, 4) is 5.75 Å². The van der Waals surface area contributed by atoms with Gasteiger partial charge >= 0.3 is 5.97 Å². The van der Waals surface area contributed by atoms with E-state index in [4.69, 9.17) is 9.84 Å². The van der Waals surface area contributed by atoms with Crippen LogP contribution >= 0.6 is 11.3 Å². The van der Waals surface area contributed by atoms with Crippen LogP contribution in [0.5, 0.6) is 5.75 Å². The van der Waals surface area contributed by atoms with E-state index in [2.05, 4.69) is 0 Å². The molecule has 1 atom stereocenters. The summed E-state index contributed by atoms with van der Waals surface area (Å²) < 4.78 is 5.79. The number of benzene rings is 1. The average Bonchev–Trinajstić information content (AvgIpc) is 2.96. The molecule has 0 bridgehead atoms. The van der Waals surface area contributed by atoms with E-state index < -0.39 is 5.97 Å². The standard InChI is InChI=1S/C13H10O3S/c14-13(15)8-3-1-4-10-9(8)7-11(16-10)12-5-2-6-17-12/h1-6,11H,7H2,(H,14,15). The normalized spacial score (nSPS) is 17.5. The van der Waals surface area contributed by atoms with Gasteiger partial charge in [0.1, 0.15) is 11.9 Å². The first-order chi connectivity index (χ1) is 8.25. The third-order valence-electron chi connectivity index (χ3n) is 2.88. The molecule has 0 saturated carbocycles. The molecule has 0 saturated heterocycles. The van der Waals surface area contributed by atoms with Crippen LogP contribution in [0.3, 0.4) is 0 Å². The Morgan fingerprint density at radius 3 is 2.94 bits per heavy atom. The van der Waals surface area contributed by atoms with Crippen LogP contribution in [-0.4, -0.2) is 11.1 Å². The highest BCUT2D eigenvalue weighted by molar-refractivity contribution is 7.10. The highest BCUT2D eigenvalue weighted by atomic mass is 32.1. The predicted molar refractivity (Wildman–Crippen MR) is 64.8 cm³/mol. The van der Waals surface area contributed by atoms with Crippen molar-refractivity contribution in [3.05, 3.63) is 51.7 Å². The molecule has 0 fully saturated rings. The van der Waals surface area contributed by atoms with Gasteiger partial charge in [-0.15, -0.1) is 11.3 Å². The highest BCUT2D eigenvalue weighted by Crippen LogP contribution is 2.39. The second-order valence-electron chi connectivity index (χ2n) is 3.91. The lowest BCUT2D eigenvalue weighted by molar-refractivity contribution is 0.0696. The molecule has 1 unspecified atom stereocenters. The first kappa shape index (κ1) is 10.4. The predicted octanol–water partition coefficient (Wildman–Crippen LogP) is 3.12. The van der Waals surface area contributed by atoms with Crippen LogP contribution in [0.4, 0.5) is 0 Å². The molecule has 86 valence electrons. The molecule has 1 aromatic heterocycles. The molecule has 1 aliphatic heterocycles. The molecular weight excluding hydrogens is 236 g/mol. The first-order valence-corrected chi connectivity index (χ1v) is 6.19. The molecule has 0 radical (unpaired) electrons. The lowest BCUT2D eigenvalue weighted by Crippen LogP contribution is -2.02. The van der Waals surface area contributed by atoms with Crippen molar-refractivity contribution in [2.24, 2.45) is 0 Å². The Balaban J connectivity index is 1.98. The van der Waals surface area contributed by atoms with Crippen molar-refractivity contribution in [1.82, 2.24) is 0 Å². The molecule has 0 aliphatic carbocycles. The van der Waals surface area contributed by atoms with E-state index in [1.54, 1.807) is 23.5 Å². The third-order valence-corrected chi connectivity index (χ3v) is 3.85. The van der Waals surface area contributed by atoms with Gasteiger partial charge in [-0.25, -0.2) is 4.79 Å². The van der Waals surface area contributed by atoms with Crippen LogP contribution in [0.15, 0.2) is 35.7 Å². The Hall–Kier alpha value is -1.81. The molecule has 2 aromatic rings. The summed E-state index contributed by atoms with van der Waals surface area (Å²) >= 11 is 1.63. The van der Waals surface area contributed by atoms with Crippen molar-refractivity contribution >= 4 is 17.3 Å². The van der Waals surface area contributed by atoms with E-state index in [0.29, 0.717) is 17.7 Å². The van der Waals surface area contributed by atoms with Gasteiger partial charge in [-0.2, -0.15) is 0 Å². The molecule has 1 aliphatic rings. The lowest BCUT2D eigenvalue weighted by Gasteiger charge is -2.07. The summed E-state index contributed by atoms with van der Waals surface area (Å²) in [6.07, 6.45) is 0.601. The van der Waals surface area contributed by atoms with E-state index in [-0.39, 0.29) is 6.10 Å². The SMILES string of the molecule is O=C(O)c1cccc2c1CC(c1cccs1)O2. The Kier molecular flexibility index (Phi) is 2.37. The maximum Gasteiger partial charge on any atom is 0.336 e. The molecule has 1 aromatic carbocycles. The minimum Gasteiger partial charge on any atom is -0.484 e. The second-order valence-corrected chi connectivity index (χ2v) is 4.89. The molecule has 4 heteroatoms. The maximum absolute atomic E-state index is 11.1. The largest absolute Gasteiger partial charge is 0.484 e. The van der Waals surface area contributed by atoms with Crippen LogP contribution in [0.1, 0.15) is 26.9 Å². The summed E-state index contributed by atoms with van der Waals surface area (Å²) in [6.45, 7) is 0. The topological polar surface area (TPSA) is 46.5 Å². The van der Waals surface area contributed by atoms with Crippen LogP contribution in [-0.2, 0) is 6.42 Å². The fraction of sp³-hybridized carbons (Fsp3) is 0.154. The van der Waals surface area contributed by atoms with Crippen molar-refractivity contribution < 1.29 is 14.6 Å². The van der Waals surface area contributed by atoms with Crippen LogP contribution < -0.4 is 4.74 Å². The monoisotopic (exact) mass is 246 g/mol. The number of fused-ring (bicyclic) bond motifs is 1. The molecule has 0 spiro atoms. The number of hydrogen-bond donors (Lipinski definition) is 1. The second kappa shape index (κ2) is 3.89. The van der Waals surface area contributed by atoms with Crippen LogP contribution in [0.2, 0.25) is 0 Å². The first-order valence-electron chi connectivity index (χ1n) is 5.31. The average molecular weight is 246 g/mol. The molecule has 3 nitrogen and oxygen atoms in total. The van der Waals surface area contributed by atoms with E-state index in [1.807, 2.05) is 23.6 Å². The quantitative estimate of drug-likeness (QED) is 0.885. The summed E-state index contributed by atoms with van der Waals surface area (Å²) in [5.74, 6) is -0.194. The lowest BCUT2D eigenvalue weighted by atomic mass is 10.0. The van der Waals surface area contributed by atoms with Gasteiger partial charge in [-0.1, -0.05) is 12.1 Å². The van der Waals surface area contributed by atoms with Gasteiger partial charge in [-0.05, 0) is 23.6 Å². The zero-order valence-corrected chi connectivity index (χ0v) is 9.74. The fourth-order valence-electron chi connectivity index (χ4n) is 2.10. The Morgan fingerprint density at radius 2 is 2.24 bits per heavy atom. The van der Waals surface area contributed by atoms with E-state index in [1.165, 1.54) is 0 Å². The highest BCUT2D eigenvalue weighted by Gasteiger charge is 2.28. The van der Waals surface area contributed by atoms with E-state index >= 15 is 0 Å². The number of rotatable bonds is 2. The zero-order chi connectivity index (χ0) is 11.8. The Bertz CT molecular complexity index is 560. The Morgan fingerprint density at radius 1 is 1.35 bits per heavy atom.